The molecule has 2 rings (SSSR count). The maximum absolute atomic E-state index is 12.4. The number of hydrogen-bond donors (Lipinski definition) is 2. The van der Waals surface area contributed by atoms with E-state index in [4.69, 9.17) is 5.73 Å². The van der Waals surface area contributed by atoms with Crippen molar-refractivity contribution in [1.82, 2.24) is 4.98 Å². The molecule has 20 heavy (non-hydrogen) atoms. The van der Waals surface area contributed by atoms with Crippen LogP contribution in [0.2, 0.25) is 0 Å². The average Bonchev–Trinajstić information content (AvgIpc) is 2.38. The van der Waals surface area contributed by atoms with Crippen molar-refractivity contribution in [3.63, 3.8) is 0 Å². The minimum absolute atomic E-state index is 0.0993. The molecule has 0 saturated heterocycles. The summed E-state index contributed by atoms with van der Waals surface area (Å²) in [6.45, 7) is 0. The standard InChI is InChI=1S/C13H10F3N3O/c14-13(15,16)9-3-1-8(2-4-9)12(20)19-11-7-10(17)5-6-18-11/h1-7H,(H3,17,18,19,20). The highest BCUT2D eigenvalue weighted by Crippen LogP contribution is 2.29. The summed E-state index contributed by atoms with van der Waals surface area (Å²) in [5.41, 5.74) is 5.23. The van der Waals surface area contributed by atoms with Crippen molar-refractivity contribution in [3.8, 4) is 0 Å². The lowest BCUT2D eigenvalue weighted by Crippen LogP contribution is -2.13. The Morgan fingerprint density at radius 2 is 1.80 bits per heavy atom. The molecule has 0 aliphatic rings. The molecule has 4 nitrogen and oxygen atoms in total. The molecule has 0 radical (unpaired) electrons. The molecular weight excluding hydrogens is 271 g/mol. The van der Waals surface area contributed by atoms with Crippen LogP contribution >= 0.6 is 0 Å². The lowest BCUT2D eigenvalue weighted by molar-refractivity contribution is -0.137. The number of benzene rings is 1. The Bertz CT molecular complexity index is 624. The smallest absolute Gasteiger partial charge is 0.399 e. The van der Waals surface area contributed by atoms with E-state index in [2.05, 4.69) is 10.3 Å². The first-order valence-corrected chi connectivity index (χ1v) is 5.56. The van der Waals surface area contributed by atoms with Gasteiger partial charge in [-0.3, -0.25) is 4.79 Å². The number of amides is 1. The quantitative estimate of drug-likeness (QED) is 0.889. The van der Waals surface area contributed by atoms with Crippen LogP contribution in [0.25, 0.3) is 0 Å². The zero-order valence-electron chi connectivity index (χ0n) is 10.1. The number of alkyl halides is 3. The van der Waals surface area contributed by atoms with Gasteiger partial charge >= 0.3 is 6.18 Å². The van der Waals surface area contributed by atoms with E-state index in [0.717, 1.165) is 24.3 Å². The lowest BCUT2D eigenvalue weighted by Gasteiger charge is -2.08. The van der Waals surface area contributed by atoms with E-state index in [1.165, 1.54) is 12.3 Å². The number of halogens is 3. The molecule has 0 bridgehead atoms. The van der Waals surface area contributed by atoms with Crippen LogP contribution in [0.5, 0.6) is 0 Å². The van der Waals surface area contributed by atoms with E-state index in [1.54, 1.807) is 6.07 Å². The SMILES string of the molecule is Nc1ccnc(NC(=O)c2ccc(C(F)(F)F)cc2)c1. The highest BCUT2D eigenvalue weighted by Gasteiger charge is 2.30. The molecule has 2 aromatic rings. The molecular formula is C13H10F3N3O. The number of pyridine rings is 1. The van der Waals surface area contributed by atoms with Crippen LogP contribution < -0.4 is 11.1 Å². The number of aromatic nitrogens is 1. The van der Waals surface area contributed by atoms with E-state index < -0.39 is 17.6 Å². The van der Waals surface area contributed by atoms with Gasteiger partial charge in [-0.05, 0) is 30.3 Å². The van der Waals surface area contributed by atoms with Gasteiger partial charge in [-0.15, -0.1) is 0 Å². The van der Waals surface area contributed by atoms with Crippen molar-refractivity contribution in [2.24, 2.45) is 0 Å². The molecule has 7 heteroatoms. The number of nitrogens with one attached hydrogen (secondary N) is 1. The van der Waals surface area contributed by atoms with Gasteiger partial charge in [0.25, 0.3) is 5.91 Å². The Morgan fingerprint density at radius 3 is 2.35 bits per heavy atom. The van der Waals surface area contributed by atoms with Crippen LogP contribution in [0.1, 0.15) is 15.9 Å². The second-order valence-electron chi connectivity index (χ2n) is 4.00. The Hall–Kier alpha value is -2.57. The maximum atomic E-state index is 12.4. The second kappa shape index (κ2) is 5.20. The third-order valence-corrected chi connectivity index (χ3v) is 2.50. The van der Waals surface area contributed by atoms with Crippen molar-refractivity contribution in [2.75, 3.05) is 11.1 Å². The van der Waals surface area contributed by atoms with Crippen molar-refractivity contribution >= 4 is 17.4 Å². The van der Waals surface area contributed by atoms with Gasteiger partial charge in [0.05, 0.1) is 5.56 Å². The maximum Gasteiger partial charge on any atom is 0.416 e. The van der Waals surface area contributed by atoms with Crippen LogP contribution in [0.4, 0.5) is 24.7 Å². The largest absolute Gasteiger partial charge is 0.416 e. The van der Waals surface area contributed by atoms with Gasteiger partial charge in [-0.2, -0.15) is 13.2 Å². The summed E-state index contributed by atoms with van der Waals surface area (Å²) in [6.07, 6.45) is -3.01. The lowest BCUT2D eigenvalue weighted by atomic mass is 10.1. The van der Waals surface area contributed by atoms with E-state index in [1.807, 2.05) is 0 Å². The molecule has 1 amide bonds. The van der Waals surface area contributed by atoms with Gasteiger partial charge < -0.3 is 11.1 Å². The summed E-state index contributed by atoms with van der Waals surface area (Å²) in [7, 11) is 0. The van der Waals surface area contributed by atoms with Gasteiger partial charge in [-0.1, -0.05) is 0 Å². The number of rotatable bonds is 2. The van der Waals surface area contributed by atoms with E-state index >= 15 is 0 Å². The normalized spacial score (nSPS) is 11.2. The molecule has 1 aromatic heterocycles. The van der Waals surface area contributed by atoms with Crippen LogP contribution in [0, 0.1) is 0 Å². The predicted octanol–water partition coefficient (Wildman–Crippen LogP) is 2.93. The van der Waals surface area contributed by atoms with E-state index in [0.29, 0.717) is 5.69 Å². The first kappa shape index (κ1) is 13.9. The monoisotopic (exact) mass is 281 g/mol. The number of anilines is 2. The predicted molar refractivity (Wildman–Crippen MR) is 68.0 cm³/mol. The number of carbonyl (C=O) groups excluding carboxylic acids is 1. The van der Waals surface area contributed by atoms with Crippen LogP contribution in [-0.2, 0) is 6.18 Å². The summed E-state index contributed by atoms with van der Waals surface area (Å²) in [5.74, 6) is -0.327. The molecule has 3 N–H and O–H groups in total. The highest BCUT2D eigenvalue weighted by molar-refractivity contribution is 6.03. The molecule has 0 aliphatic heterocycles. The summed E-state index contributed by atoms with van der Waals surface area (Å²) in [4.78, 5) is 15.7. The number of nitrogens with zero attached hydrogens (tertiary/aromatic N) is 1. The van der Waals surface area contributed by atoms with Crippen LogP contribution in [0.15, 0.2) is 42.6 Å². The average molecular weight is 281 g/mol. The van der Waals surface area contributed by atoms with Gasteiger partial charge in [0, 0.05) is 23.5 Å². The fourth-order valence-corrected chi connectivity index (χ4v) is 1.51. The summed E-state index contributed by atoms with van der Waals surface area (Å²) >= 11 is 0. The van der Waals surface area contributed by atoms with Gasteiger partial charge in [0.1, 0.15) is 5.82 Å². The van der Waals surface area contributed by atoms with Crippen molar-refractivity contribution < 1.29 is 18.0 Å². The molecule has 104 valence electrons. The number of nitrogens with two attached hydrogens (primary N) is 1. The fourth-order valence-electron chi connectivity index (χ4n) is 1.51. The summed E-state index contributed by atoms with van der Waals surface area (Å²) in [6, 6.07) is 6.90. The third kappa shape index (κ3) is 3.25. The minimum atomic E-state index is -4.43. The molecule has 0 saturated carbocycles. The topological polar surface area (TPSA) is 68.0 Å². The first-order valence-electron chi connectivity index (χ1n) is 5.56. The number of carbonyl (C=O) groups is 1. The fraction of sp³-hybridized carbons (Fsp3) is 0.0769. The molecule has 0 fully saturated rings. The van der Waals surface area contributed by atoms with Crippen LogP contribution in [-0.4, -0.2) is 10.9 Å². The van der Waals surface area contributed by atoms with Gasteiger partial charge in [0.2, 0.25) is 0 Å². The van der Waals surface area contributed by atoms with Gasteiger partial charge in [0.15, 0.2) is 0 Å². The Balaban J connectivity index is 2.14. The van der Waals surface area contributed by atoms with Gasteiger partial charge in [-0.25, -0.2) is 4.98 Å². The molecule has 0 atom stereocenters. The molecule has 0 spiro atoms. The summed E-state index contributed by atoms with van der Waals surface area (Å²) in [5, 5.41) is 2.45. The van der Waals surface area contributed by atoms with Crippen molar-refractivity contribution in [3.05, 3.63) is 53.7 Å². The zero-order chi connectivity index (χ0) is 14.8. The number of hydrogen-bond acceptors (Lipinski definition) is 3. The first-order chi connectivity index (χ1) is 9.36. The highest BCUT2D eigenvalue weighted by atomic mass is 19.4. The van der Waals surface area contributed by atoms with E-state index in [9.17, 15) is 18.0 Å². The Kier molecular flexibility index (Phi) is 3.60. The number of nitrogen functional groups attached to an aromatic ring is 1. The van der Waals surface area contributed by atoms with Crippen molar-refractivity contribution in [2.45, 2.75) is 6.18 Å². The molecule has 1 aromatic carbocycles. The van der Waals surface area contributed by atoms with Crippen molar-refractivity contribution in [1.29, 1.82) is 0 Å². The third-order valence-electron chi connectivity index (χ3n) is 2.50. The Labute approximate surface area is 112 Å². The minimum Gasteiger partial charge on any atom is -0.399 e. The Morgan fingerprint density at radius 1 is 1.15 bits per heavy atom. The molecule has 0 aliphatic carbocycles. The zero-order valence-corrected chi connectivity index (χ0v) is 10.1. The van der Waals surface area contributed by atoms with E-state index in [-0.39, 0.29) is 11.4 Å². The second-order valence-corrected chi connectivity index (χ2v) is 4.00. The molecule has 1 heterocycles. The van der Waals surface area contributed by atoms with Crippen LogP contribution in [0.3, 0.4) is 0 Å². The summed E-state index contributed by atoms with van der Waals surface area (Å²) < 4.78 is 37.2. The molecule has 0 unspecified atom stereocenters.